The quantitative estimate of drug-likeness (QED) is 0.843. The first-order chi connectivity index (χ1) is 8.77. The third kappa shape index (κ3) is 1.92. The van der Waals surface area contributed by atoms with Crippen molar-refractivity contribution in [3.63, 3.8) is 0 Å². The second kappa shape index (κ2) is 4.38. The zero-order valence-electron chi connectivity index (χ0n) is 10.8. The van der Waals surface area contributed by atoms with Gasteiger partial charge in [-0.15, -0.1) is 0 Å². The van der Waals surface area contributed by atoms with E-state index in [0.29, 0.717) is 5.92 Å². The Labute approximate surface area is 107 Å². The van der Waals surface area contributed by atoms with Crippen molar-refractivity contribution < 1.29 is 0 Å². The largest absolute Gasteiger partial charge is 0.333 e. The first-order valence-electron chi connectivity index (χ1n) is 6.60. The Balaban J connectivity index is 1.72. The number of likely N-dealkylation sites (N-methyl/N-ethyl adjacent to an activating group) is 1. The van der Waals surface area contributed by atoms with Crippen molar-refractivity contribution in [3.05, 3.63) is 18.2 Å². The van der Waals surface area contributed by atoms with E-state index in [4.69, 9.17) is 0 Å². The van der Waals surface area contributed by atoms with Gasteiger partial charge in [0.05, 0.1) is 12.6 Å². The summed E-state index contributed by atoms with van der Waals surface area (Å²) in [6, 6.07) is 2.51. The molecule has 0 amide bonds. The summed E-state index contributed by atoms with van der Waals surface area (Å²) in [5.41, 5.74) is -0.366. The van der Waals surface area contributed by atoms with Gasteiger partial charge in [-0.05, 0) is 25.8 Å². The second-order valence-corrected chi connectivity index (χ2v) is 5.35. The lowest BCUT2D eigenvalue weighted by Gasteiger charge is -2.35. The molecule has 1 unspecified atom stereocenters. The number of hydrogen-bond acceptors (Lipinski definition) is 4. The molecule has 1 aromatic heterocycles. The van der Waals surface area contributed by atoms with E-state index in [1.807, 2.05) is 19.4 Å². The molecular formula is C13H19N5. The van der Waals surface area contributed by atoms with Crippen LogP contribution in [0.25, 0.3) is 0 Å². The first-order valence-corrected chi connectivity index (χ1v) is 6.60. The Morgan fingerprint density at radius 3 is 3.06 bits per heavy atom. The number of rotatable bonds is 4. The van der Waals surface area contributed by atoms with Crippen LogP contribution in [0, 0.1) is 17.2 Å². The third-order valence-corrected chi connectivity index (χ3v) is 4.22. The van der Waals surface area contributed by atoms with Gasteiger partial charge in [0.15, 0.2) is 0 Å². The molecule has 3 rings (SSSR count). The molecule has 1 aliphatic carbocycles. The van der Waals surface area contributed by atoms with Crippen molar-refractivity contribution in [3.8, 4) is 6.07 Å². The molecule has 5 nitrogen and oxygen atoms in total. The molecule has 18 heavy (non-hydrogen) atoms. The number of aromatic nitrogens is 2. The number of nitriles is 1. The monoisotopic (exact) mass is 245 g/mol. The van der Waals surface area contributed by atoms with Crippen LogP contribution in [0.4, 0.5) is 0 Å². The van der Waals surface area contributed by atoms with Crippen LogP contribution in [0.5, 0.6) is 0 Å². The minimum absolute atomic E-state index is 0.366. The first kappa shape index (κ1) is 11.7. The highest BCUT2D eigenvalue weighted by Gasteiger charge is 2.46. The molecule has 0 bridgehead atoms. The molecule has 0 aromatic carbocycles. The summed E-state index contributed by atoms with van der Waals surface area (Å²) >= 11 is 0. The zero-order chi connectivity index (χ0) is 12.6. The lowest BCUT2D eigenvalue weighted by Crippen LogP contribution is -2.54. The standard InChI is InChI=1S/C13H19N5/c1-15-13(9-14,11-2-3-11)10-17-6-7-18-5-4-16-12(18)8-17/h4-5,11,15H,2-3,6-8,10H2,1H3. The van der Waals surface area contributed by atoms with Crippen LogP contribution < -0.4 is 5.32 Å². The smallest absolute Gasteiger partial charge is 0.122 e. The second-order valence-electron chi connectivity index (χ2n) is 5.35. The predicted molar refractivity (Wildman–Crippen MR) is 67.6 cm³/mol. The lowest BCUT2D eigenvalue weighted by atomic mass is 9.94. The van der Waals surface area contributed by atoms with Gasteiger partial charge < -0.3 is 9.88 Å². The van der Waals surface area contributed by atoms with Crippen molar-refractivity contribution in [2.24, 2.45) is 5.92 Å². The molecule has 1 N–H and O–H groups in total. The van der Waals surface area contributed by atoms with Gasteiger partial charge in [0.2, 0.25) is 0 Å². The maximum atomic E-state index is 9.51. The van der Waals surface area contributed by atoms with Crippen molar-refractivity contribution in [2.45, 2.75) is 31.5 Å². The number of fused-ring (bicyclic) bond motifs is 1. The molecule has 2 heterocycles. The van der Waals surface area contributed by atoms with Crippen LogP contribution in [0.1, 0.15) is 18.7 Å². The Kier molecular flexibility index (Phi) is 2.84. The summed E-state index contributed by atoms with van der Waals surface area (Å²) < 4.78 is 2.20. The highest BCUT2D eigenvalue weighted by molar-refractivity contribution is 5.16. The van der Waals surface area contributed by atoms with E-state index < -0.39 is 0 Å². The van der Waals surface area contributed by atoms with Crippen molar-refractivity contribution in [2.75, 3.05) is 20.1 Å². The average molecular weight is 245 g/mol. The van der Waals surface area contributed by atoms with Gasteiger partial charge in [-0.1, -0.05) is 0 Å². The summed E-state index contributed by atoms with van der Waals surface area (Å²) in [7, 11) is 1.91. The van der Waals surface area contributed by atoms with E-state index >= 15 is 0 Å². The fourth-order valence-electron chi connectivity index (χ4n) is 2.88. The number of nitrogens with zero attached hydrogens (tertiary/aromatic N) is 4. The number of nitrogens with one attached hydrogen (secondary N) is 1. The van der Waals surface area contributed by atoms with E-state index in [-0.39, 0.29) is 5.54 Å². The van der Waals surface area contributed by atoms with Crippen molar-refractivity contribution in [1.29, 1.82) is 5.26 Å². The summed E-state index contributed by atoms with van der Waals surface area (Å²) in [6.07, 6.45) is 6.24. The van der Waals surface area contributed by atoms with E-state index in [1.54, 1.807) is 0 Å². The van der Waals surface area contributed by atoms with Crippen LogP contribution in [0.15, 0.2) is 12.4 Å². The highest BCUT2D eigenvalue weighted by atomic mass is 15.3. The molecule has 2 aliphatic rings. The number of hydrogen-bond donors (Lipinski definition) is 1. The molecule has 1 aromatic rings. The van der Waals surface area contributed by atoms with Gasteiger partial charge in [0.25, 0.3) is 0 Å². The lowest BCUT2D eigenvalue weighted by molar-refractivity contribution is 0.165. The van der Waals surface area contributed by atoms with Gasteiger partial charge in [-0.3, -0.25) is 4.90 Å². The molecule has 96 valence electrons. The van der Waals surface area contributed by atoms with Crippen LogP contribution in [0.3, 0.4) is 0 Å². The molecule has 5 heteroatoms. The molecule has 0 radical (unpaired) electrons. The van der Waals surface area contributed by atoms with E-state index in [1.165, 1.54) is 12.8 Å². The topological polar surface area (TPSA) is 56.9 Å². The van der Waals surface area contributed by atoms with Crippen LogP contribution >= 0.6 is 0 Å². The normalized spacial score (nSPS) is 23.1. The van der Waals surface area contributed by atoms with Gasteiger partial charge in [-0.25, -0.2) is 4.98 Å². The van der Waals surface area contributed by atoms with Crippen LogP contribution in [-0.2, 0) is 13.1 Å². The van der Waals surface area contributed by atoms with Gasteiger partial charge in [0.1, 0.15) is 11.4 Å². The van der Waals surface area contributed by atoms with E-state index in [9.17, 15) is 5.26 Å². The maximum Gasteiger partial charge on any atom is 0.122 e. The van der Waals surface area contributed by atoms with Crippen LogP contribution in [0.2, 0.25) is 0 Å². The molecule has 0 spiro atoms. The van der Waals surface area contributed by atoms with E-state index in [2.05, 4.69) is 25.8 Å². The molecular weight excluding hydrogens is 226 g/mol. The molecule has 1 atom stereocenters. The van der Waals surface area contributed by atoms with Crippen LogP contribution in [-0.4, -0.2) is 40.1 Å². The third-order valence-electron chi connectivity index (χ3n) is 4.22. The Morgan fingerprint density at radius 1 is 1.56 bits per heavy atom. The summed E-state index contributed by atoms with van der Waals surface area (Å²) in [6.45, 7) is 3.63. The molecule has 1 fully saturated rings. The minimum Gasteiger partial charge on any atom is -0.333 e. The molecule has 0 saturated heterocycles. The number of imidazole rings is 1. The minimum atomic E-state index is -0.366. The fraction of sp³-hybridized carbons (Fsp3) is 0.692. The average Bonchev–Trinajstić information content (AvgIpc) is 3.15. The van der Waals surface area contributed by atoms with E-state index in [0.717, 1.165) is 32.0 Å². The van der Waals surface area contributed by atoms with Crippen molar-refractivity contribution in [1.82, 2.24) is 19.8 Å². The van der Waals surface area contributed by atoms with Crippen molar-refractivity contribution >= 4 is 0 Å². The SMILES string of the molecule is CNC(C#N)(CN1CCn2ccnc2C1)C1CC1. The Morgan fingerprint density at radius 2 is 2.39 bits per heavy atom. The maximum absolute atomic E-state index is 9.51. The zero-order valence-corrected chi connectivity index (χ0v) is 10.8. The molecule has 1 aliphatic heterocycles. The highest BCUT2D eigenvalue weighted by Crippen LogP contribution is 2.40. The van der Waals surface area contributed by atoms with Gasteiger partial charge in [0, 0.05) is 32.0 Å². The van der Waals surface area contributed by atoms with Gasteiger partial charge >= 0.3 is 0 Å². The Bertz CT molecular complexity index is 470. The summed E-state index contributed by atoms with van der Waals surface area (Å²) in [5, 5.41) is 12.8. The fourth-order valence-corrected chi connectivity index (χ4v) is 2.88. The Hall–Kier alpha value is -1.38. The predicted octanol–water partition coefficient (Wildman–Crippen LogP) is 0.590. The van der Waals surface area contributed by atoms with Gasteiger partial charge in [-0.2, -0.15) is 5.26 Å². The summed E-state index contributed by atoms with van der Waals surface area (Å²) in [5.74, 6) is 1.63. The molecule has 1 saturated carbocycles. The summed E-state index contributed by atoms with van der Waals surface area (Å²) in [4.78, 5) is 6.71.